The van der Waals surface area contributed by atoms with Gasteiger partial charge in [-0.05, 0) is 24.5 Å². The molecule has 0 bridgehead atoms. The van der Waals surface area contributed by atoms with Crippen molar-refractivity contribution in [3.05, 3.63) is 64.1 Å². The van der Waals surface area contributed by atoms with Crippen LogP contribution in [0.15, 0.2) is 47.4 Å². The number of anilines is 1. The number of aromatic nitrogens is 1. The molecule has 4 heteroatoms. The average Bonchev–Trinajstić information content (AvgIpc) is 3.07. The molecule has 2 aliphatic heterocycles. The molecule has 0 aliphatic carbocycles. The van der Waals surface area contributed by atoms with Crippen LogP contribution in [0.4, 0.5) is 5.69 Å². The molecule has 1 aromatic carbocycles. The van der Waals surface area contributed by atoms with Crippen LogP contribution in [0.5, 0.6) is 0 Å². The van der Waals surface area contributed by atoms with E-state index in [-0.39, 0.29) is 17.4 Å². The molecule has 1 atom stereocenters. The lowest BCUT2D eigenvalue weighted by Gasteiger charge is -2.17. The maximum atomic E-state index is 12.6. The summed E-state index contributed by atoms with van der Waals surface area (Å²) >= 11 is 0. The molecule has 1 fully saturated rings. The van der Waals surface area contributed by atoms with Gasteiger partial charge in [0.05, 0.1) is 18.3 Å². The fourth-order valence-corrected chi connectivity index (χ4v) is 3.43. The molecule has 0 spiro atoms. The van der Waals surface area contributed by atoms with Crippen LogP contribution < -0.4 is 10.5 Å². The molecule has 0 saturated carbocycles. The number of hydrogen-bond acceptors (Lipinski definition) is 3. The number of hydrogen-bond donors (Lipinski definition) is 0. The maximum absolute atomic E-state index is 12.6. The molecule has 1 saturated heterocycles. The number of carbonyl (C=O) groups is 1. The molecular weight excluding hydrogens is 264 g/mol. The van der Waals surface area contributed by atoms with E-state index in [1.54, 1.807) is 4.57 Å². The highest BCUT2D eigenvalue weighted by atomic mass is 16.2. The minimum Gasteiger partial charge on any atom is -0.360 e. The molecule has 1 unspecified atom stereocenters. The first-order valence-electron chi connectivity index (χ1n) is 7.34. The van der Waals surface area contributed by atoms with Crippen LogP contribution in [0.3, 0.4) is 0 Å². The van der Waals surface area contributed by atoms with Gasteiger partial charge < -0.3 is 9.47 Å². The van der Waals surface area contributed by atoms with Crippen LogP contribution in [0.1, 0.15) is 28.8 Å². The smallest absolute Gasteiger partial charge is 0.263 e. The lowest BCUT2D eigenvalue weighted by atomic mass is 10.1. The van der Waals surface area contributed by atoms with Crippen LogP contribution >= 0.6 is 0 Å². The fraction of sp³-hybridized carbons (Fsp3) is 0.294. The van der Waals surface area contributed by atoms with Crippen LogP contribution in [-0.4, -0.2) is 22.9 Å². The van der Waals surface area contributed by atoms with Gasteiger partial charge in [-0.2, -0.15) is 0 Å². The first kappa shape index (κ1) is 12.4. The molecule has 3 heterocycles. The molecule has 4 nitrogen and oxygen atoms in total. The normalized spacial score (nSPS) is 19.7. The second-order valence-electron chi connectivity index (χ2n) is 5.71. The van der Waals surface area contributed by atoms with E-state index in [0.717, 1.165) is 30.6 Å². The van der Waals surface area contributed by atoms with Gasteiger partial charge in [-0.1, -0.05) is 30.3 Å². The van der Waals surface area contributed by atoms with E-state index in [1.165, 1.54) is 0 Å². The van der Waals surface area contributed by atoms with Gasteiger partial charge in [0.15, 0.2) is 5.78 Å². The van der Waals surface area contributed by atoms with Gasteiger partial charge in [-0.15, -0.1) is 0 Å². The van der Waals surface area contributed by atoms with Crippen molar-refractivity contribution < 1.29 is 4.79 Å². The fourth-order valence-electron chi connectivity index (χ4n) is 3.43. The lowest BCUT2D eigenvalue weighted by molar-refractivity contribution is 0.0973. The summed E-state index contributed by atoms with van der Waals surface area (Å²) in [5.74, 6) is 0.00918. The summed E-state index contributed by atoms with van der Waals surface area (Å²) in [6.07, 6.45) is 3.71. The Morgan fingerprint density at radius 2 is 1.90 bits per heavy atom. The van der Waals surface area contributed by atoms with Crippen LogP contribution in [0.25, 0.3) is 0 Å². The van der Waals surface area contributed by atoms with E-state index in [2.05, 4.69) is 4.90 Å². The Morgan fingerprint density at radius 3 is 2.71 bits per heavy atom. The average molecular weight is 280 g/mol. The van der Waals surface area contributed by atoms with Crippen molar-refractivity contribution in [3.63, 3.8) is 0 Å². The van der Waals surface area contributed by atoms with Crippen LogP contribution in [0.2, 0.25) is 0 Å². The quantitative estimate of drug-likeness (QED) is 0.845. The van der Waals surface area contributed by atoms with Crippen molar-refractivity contribution in [2.45, 2.75) is 25.4 Å². The summed E-state index contributed by atoms with van der Waals surface area (Å²) in [7, 11) is 0. The summed E-state index contributed by atoms with van der Waals surface area (Å²) in [5.41, 5.74) is 2.12. The van der Waals surface area contributed by atoms with E-state index in [1.807, 2.05) is 42.6 Å². The number of rotatable bonds is 2. The van der Waals surface area contributed by atoms with Crippen molar-refractivity contribution in [2.24, 2.45) is 0 Å². The third-order valence-electron chi connectivity index (χ3n) is 4.45. The first-order chi connectivity index (χ1) is 10.3. The lowest BCUT2D eigenvalue weighted by Crippen LogP contribution is -2.29. The molecule has 0 amide bonds. The van der Waals surface area contributed by atoms with Crippen LogP contribution in [-0.2, 0) is 6.54 Å². The van der Waals surface area contributed by atoms with E-state index < -0.39 is 0 Å². The van der Waals surface area contributed by atoms with Crippen molar-refractivity contribution in [3.8, 4) is 0 Å². The van der Waals surface area contributed by atoms with E-state index in [9.17, 15) is 9.59 Å². The van der Waals surface area contributed by atoms with Gasteiger partial charge >= 0.3 is 0 Å². The Balaban J connectivity index is 1.77. The summed E-state index contributed by atoms with van der Waals surface area (Å²) in [6, 6.07) is 11.7. The Labute approximate surface area is 122 Å². The molecule has 0 radical (unpaired) electrons. The van der Waals surface area contributed by atoms with Gasteiger partial charge in [0.2, 0.25) is 0 Å². The van der Waals surface area contributed by atoms with Crippen molar-refractivity contribution >= 4 is 11.5 Å². The molecule has 2 aliphatic rings. The molecule has 106 valence electrons. The molecule has 1 aromatic heterocycles. The number of nitrogens with zero attached hydrogens (tertiary/aromatic N) is 2. The zero-order valence-electron chi connectivity index (χ0n) is 11.7. The predicted molar refractivity (Wildman–Crippen MR) is 80.9 cm³/mol. The van der Waals surface area contributed by atoms with Gasteiger partial charge in [-0.25, -0.2) is 0 Å². The third-order valence-corrected chi connectivity index (χ3v) is 4.45. The summed E-state index contributed by atoms with van der Waals surface area (Å²) in [6.45, 7) is 1.39. The predicted octanol–water partition coefficient (Wildman–Crippen LogP) is 2.06. The van der Waals surface area contributed by atoms with Gasteiger partial charge in [-0.3, -0.25) is 9.59 Å². The van der Waals surface area contributed by atoms with Gasteiger partial charge in [0.1, 0.15) is 5.56 Å². The number of Topliss-reactive ketones (excluding diaryl/α,β-unsaturated/α-hetero) is 1. The number of fused-ring (bicyclic) bond motifs is 3. The molecule has 4 rings (SSSR count). The molecular formula is C17H16N2O2. The first-order valence-corrected chi connectivity index (χ1v) is 7.34. The number of carbonyl (C=O) groups excluding carboxylic acids is 1. The van der Waals surface area contributed by atoms with Crippen LogP contribution in [0, 0.1) is 0 Å². The minimum atomic E-state index is -0.157. The summed E-state index contributed by atoms with van der Waals surface area (Å²) in [4.78, 5) is 27.2. The van der Waals surface area contributed by atoms with Crippen molar-refractivity contribution in [2.75, 3.05) is 11.4 Å². The Bertz CT molecular complexity index is 764. The molecule has 0 N–H and O–H groups in total. The number of pyridine rings is 1. The highest BCUT2D eigenvalue weighted by Crippen LogP contribution is 2.35. The monoisotopic (exact) mass is 280 g/mol. The van der Waals surface area contributed by atoms with E-state index >= 15 is 0 Å². The topological polar surface area (TPSA) is 42.3 Å². The molecule has 21 heavy (non-hydrogen) atoms. The summed E-state index contributed by atoms with van der Waals surface area (Å²) in [5, 5.41) is 0. The SMILES string of the molecule is O=C1c2c(ccn(Cc3ccccc3)c2=O)N2CCCC12. The zero-order chi connectivity index (χ0) is 14.4. The largest absolute Gasteiger partial charge is 0.360 e. The number of benzene rings is 1. The highest BCUT2D eigenvalue weighted by Gasteiger charge is 2.42. The third kappa shape index (κ3) is 1.82. The number of ketones is 1. The van der Waals surface area contributed by atoms with Gasteiger partial charge in [0.25, 0.3) is 5.56 Å². The highest BCUT2D eigenvalue weighted by molar-refractivity contribution is 6.11. The standard InChI is InChI=1S/C17H16N2O2/c20-16-14-7-4-9-19(14)13-8-10-18(17(21)15(13)16)11-12-5-2-1-3-6-12/h1-3,5-6,8,10,14H,4,7,9,11H2. The van der Waals surface area contributed by atoms with E-state index in [0.29, 0.717) is 12.1 Å². The Morgan fingerprint density at radius 1 is 1.10 bits per heavy atom. The Hall–Kier alpha value is -2.36. The maximum Gasteiger partial charge on any atom is 0.263 e. The van der Waals surface area contributed by atoms with Crippen molar-refractivity contribution in [1.29, 1.82) is 0 Å². The minimum absolute atomic E-state index is 0.00918. The second-order valence-corrected chi connectivity index (χ2v) is 5.71. The van der Waals surface area contributed by atoms with E-state index in [4.69, 9.17) is 0 Å². The van der Waals surface area contributed by atoms with Crippen molar-refractivity contribution in [1.82, 2.24) is 4.57 Å². The molecule has 2 aromatic rings. The van der Waals surface area contributed by atoms with Gasteiger partial charge in [0, 0.05) is 12.7 Å². The Kier molecular flexibility index (Phi) is 2.70. The summed E-state index contributed by atoms with van der Waals surface area (Å²) < 4.78 is 1.63. The zero-order valence-corrected chi connectivity index (χ0v) is 11.7. The second kappa shape index (κ2) is 4.58.